The first kappa shape index (κ1) is 16.6. The van der Waals surface area contributed by atoms with E-state index in [0.717, 1.165) is 29.7 Å². The van der Waals surface area contributed by atoms with Crippen molar-refractivity contribution in [3.63, 3.8) is 0 Å². The van der Waals surface area contributed by atoms with Crippen molar-refractivity contribution in [2.75, 3.05) is 13.1 Å². The highest BCUT2D eigenvalue weighted by molar-refractivity contribution is 6.01. The van der Waals surface area contributed by atoms with E-state index in [-0.39, 0.29) is 24.4 Å². The predicted molar refractivity (Wildman–Crippen MR) is 91.1 cm³/mol. The van der Waals surface area contributed by atoms with Crippen LogP contribution in [-0.2, 0) is 0 Å². The van der Waals surface area contributed by atoms with Gasteiger partial charge in [-0.15, -0.1) is 12.4 Å². The van der Waals surface area contributed by atoms with Crippen LogP contribution in [0.15, 0.2) is 42.7 Å². The van der Waals surface area contributed by atoms with E-state index in [1.54, 1.807) is 6.20 Å². The van der Waals surface area contributed by atoms with Crippen LogP contribution in [0.25, 0.3) is 11.1 Å². The predicted octanol–water partition coefficient (Wildman–Crippen LogP) is 2.91. The van der Waals surface area contributed by atoms with E-state index in [9.17, 15) is 4.79 Å². The zero-order chi connectivity index (χ0) is 14.8. The maximum absolute atomic E-state index is 12.8. The van der Waals surface area contributed by atoms with Crippen LogP contribution in [0, 0.1) is 5.92 Å². The van der Waals surface area contributed by atoms with Crippen LogP contribution in [0.2, 0.25) is 0 Å². The van der Waals surface area contributed by atoms with Crippen molar-refractivity contribution in [3.05, 3.63) is 48.3 Å². The minimum atomic E-state index is 0. The van der Waals surface area contributed by atoms with Gasteiger partial charge in [0.25, 0.3) is 5.91 Å². The van der Waals surface area contributed by atoms with Gasteiger partial charge in [-0.3, -0.25) is 4.79 Å². The molecule has 3 rings (SSSR count). The van der Waals surface area contributed by atoms with E-state index in [0.29, 0.717) is 12.5 Å². The Kier molecular flexibility index (Phi) is 5.27. The Morgan fingerprint density at radius 1 is 1.32 bits per heavy atom. The second-order valence-corrected chi connectivity index (χ2v) is 5.79. The molecular weight excluding hydrogens is 298 g/mol. The number of amides is 1. The first-order chi connectivity index (χ1) is 10.2. The summed E-state index contributed by atoms with van der Waals surface area (Å²) < 4.78 is 0. The van der Waals surface area contributed by atoms with E-state index < -0.39 is 0 Å². The minimum Gasteiger partial charge on any atom is -0.366 e. The SMILES string of the molecule is CC1CC(CN)CN1C(=O)c1c[nH]cc1-c1ccccc1.Cl. The van der Waals surface area contributed by atoms with Crippen LogP contribution < -0.4 is 5.73 Å². The molecule has 3 N–H and O–H groups in total. The Labute approximate surface area is 137 Å². The van der Waals surface area contributed by atoms with Crippen molar-refractivity contribution in [1.29, 1.82) is 0 Å². The fraction of sp³-hybridized carbons (Fsp3) is 0.353. The fourth-order valence-electron chi connectivity index (χ4n) is 3.15. The summed E-state index contributed by atoms with van der Waals surface area (Å²) in [6, 6.07) is 10.3. The summed E-state index contributed by atoms with van der Waals surface area (Å²) in [5.41, 5.74) is 8.52. The number of aromatic nitrogens is 1. The number of benzene rings is 1. The van der Waals surface area contributed by atoms with Gasteiger partial charge in [-0.25, -0.2) is 0 Å². The molecule has 0 spiro atoms. The van der Waals surface area contributed by atoms with Gasteiger partial charge in [0.1, 0.15) is 0 Å². The summed E-state index contributed by atoms with van der Waals surface area (Å²) in [5.74, 6) is 0.515. The van der Waals surface area contributed by atoms with Crippen molar-refractivity contribution in [2.45, 2.75) is 19.4 Å². The molecule has 1 aliphatic heterocycles. The molecule has 1 aliphatic rings. The van der Waals surface area contributed by atoms with E-state index in [1.807, 2.05) is 41.4 Å². The number of hydrogen-bond acceptors (Lipinski definition) is 2. The monoisotopic (exact) mass is 319 g/mol. The first-order valence-electron chi connectivity index (χ1n) is 7.44. The maximum atomic E-state index is 12.8. The first-order valence-corrected chi connectivity index (χ1v) is 7.44. The van der Waals surface area contributed by atoms with Crippen molar-refractivity contribution in [2.24, 2.45) is 11.7 Å². The molecule has 1 aromatic heterocycles. The zero-order valence-corrected chi connectivity index (χ0v) is 13.5. The van der Waals surface area contributed by atoms with Gasteiger partial charge >= 0.3 is 0 Å². The van der Waals surface area contributed by atoms with Crippen molar-refractivity contribution >= 4 is 18.3 Å². The van der Waals surface area contributed by atoms with Crippen LogP contribution in [0.3, 0.4) is 0 Å². The topological polar surface area (TPSA) is 62.1 Å². The Morgan fingerprint density at radius 3 is 2.68 bits per heavy atom. The minimum absolute atomic E-state index is 0. The summed E-state index contributed by atoms with van der Waals surface area (Å²) >= 11 is 0. The lowest BCUT2D eigenvalue weighted by Gasteiger charge is -2.21. The molecule has 22 heavy (non-hydrogen) atoms. The number of nitrogens with zero attached hydrogens (tertiary/aromatic N) is 1. The van der Waals surface area contributed by atoms with Gasteiger partial charge in [0.15, 0.2) is 0 Å². The highest BCUT2D eigenvalue weighted by Gasteiger charge is 2.33. The number of carbonyl (C=O) groups excluding carboxylic acids is 1. The summed E-state index contributed by atoms with van der Waals surface area (Å²) in [6.07, 6.45) is 4.68. The molecule has 4 nitrogen and oxygen atoms in total. The third-order valence-corrected chi connectivity index (χ3v) is 4.32. The number of nitrogens with two attached hydrogens (primary N) is 1. The van der Waals surface area contributed by atoms with E-state index in [4.69, 9.17) is 5.73 Å². The summed E-state index contributed by atoms with van der Waals surface area (Å²) in [7, 11) is 0. The number of H-pyrrole nitrogens is 1. The summed E-state index contributed by atoms with van der Waals surface area (Å²) in [4.78, 5) is 17.9. The number of nitrogens with one attached hydrogen (secondary N) is 1. The Balaban J connectivity index is 0.00000176. The largest absolute Gasteiger partial charge is 0.366 e. The molecule has 1 aromatic carbocycles. The molecule has 2 unspecified atom stereocenters. The van der Waals surface area contributed by atoms with Crippen LogP contribution in [-0.4, -0.2) is 34.9 Å². The van der Waals surface area contributed by atoms with E-state index in [2.05, 4.69) is 11.9 Å². The molecule has 0 aliphatic carbocycles. The van der Waals surface area contributed by atoms with Gasteiger partial charge in [0.05, 0.1) is 5.56 Å². The third-order valence-electron chi connectivity index (χ3n) is 4.32. The quantitative estimate of drug-likeness (QED) is 0.913. The van der Waals surface area contributed by atoms with Crippen molar-refractivity contribution in [1.82, 2.24) is 9.88 Å². The second-order valence-electron chi connectivity index (χ2n) is 5.79. The van der Waals surface area contributed by atoms with Gasteiger partial charge in [0.2, 0.25) is 0 Å². The molecule has 2 atom stereocenters. The molecule has 0 bridgehead atoms. The molecule has 118 valence electrons. The number of likely N-dealkylation sites (tertiary alicyclic amines) is 1. The Hall–Kier alpha value is -1.78. The number of rotatable bonds is 3. The normalized spacial score (nSPS) is 20.7. The van der Waals surface area contributed by atoms with E-state index >= 15 is 0 Å². The smallest absolute Gasteiger partial charge is 0.256 e. The number of carbonyl (C=O) groups is 1. The average Bonchev–Trinajstić information content (AvgIpc) is 3.14. The van der Waals surface area contributed by atoms with Gasteiger partial charge in [-0.2, -0.15) is 0 Å². The number of aromatic amines is 1. The summed E-state index contributed by atoms with van der Waals surface area (Å²) in [6.45, 7) is 3.51. The van der Waals surface area contributed by atoms with Crippen LogP contribution >= 0.6 is 12.4 Å². The molecule has 1 saturated heterocycles. The Morgan fingerprint density at radius 2 is 2.05 bits per heavy atom. The van der Waals surface area contributed by atoms with Crippen LogP contribution in [0.5, 0.6) is 0 Å². The van der Waals surface area contributed by atoms with Crippen LogP contribution in [0.4, 0.5) is 0 Å². The second kappa shape index (κ2) is 6.99. The molecule has 5 heteroatoms. The number of hydrogen-bond donors (Lipinski definition) is 2. The highest BCUT2D eigenvalue weighted by Crippen LogP contribution is 2.28. The lowest BCUT2D eigenvalue weighted by Crippen LogP contribution is -2.34. The highest BCUT2D eigenvalue weighted by atomic mass is 35.5. The van der Waals surface area contributed by atoms with Gasteiger partial charge in [-0.1, -0.05) is 30.3 Å². The zero-order valence-electron chi connectivity index (χ0n) is 12.7. The maximum Gasteiger partial charge on any atom is 0.256 e. The number of halogens is 1. The summed E-state index contributed by atoms with van der Waals surface area (Å²) in [5, 5.41) is 0. The average molecular weight is 320 g/mol. The van der Waals surface area contributed by atoms with Gasteiger partial charge < -0.3 is 15.6 Å². The molecule has 2 heterocycles. The lowest BCUT2D eigenvalue weighted by molar-refractivity contribution is 0.0744. The molecule has 1 amide bonds. The van der Waals surface area contributed by atoms with Gasteiger partial charge in [0, 0.05) is 30.5 Å². The van der Waals surface area contributed by atoms with Crippen LogP contribution in [0.1, 0.15) is 23.7 Å². The standard InChI is InChI=1S/C17H21N3O.ClH/c1-12-7-13(8-18)11-20(12)17(21)16-10-19-9-15(16)14-5-3-2-4-6-14;/h2-6,9-10,12-13,19H,7-8,11,18H2,1H3;1H. The van der Waals surface area contributed by atoms with Gasteiger partial charge in [-0.05, 0) is 31.4 Å². The molecule has 0 radical (unpaired) electrons. The fourth-order valence-corrected chi connectivity index (χ4v) is 3.15. The molecule has 1 fully saturated rings. The Bertz CT molecular complexity index is 626. The van der Waals surface area contributed by atoms with E-state index in [1.165, 1.54) is 0 Å². The molecular formula is C17H22ClN3O. The van der Waals surface area contributed by atoms with Crippen molar-refractivity contribution in [3.8, 4) is 11.1 Å². The lowest BCUT2D eigenvalue weighted by atomic mass is 10.0. The molecule has 2 aromatic rings. The third kappa shape index (κ3) is 3.03. The van der Waals surface area contributed by atoms with Crippen molar-refractivity contribution < 1.29 is 4.79 Å². The molecule has 0 saturated carbocycles.